The molecule has 0 radical (unpaired) electrons. The molecule has 7 rings (SSSR count). The lowest BCUT2D eigenvalue weighted by Crippen LogP contribution is -1.85. The number of phenols is 2. The van der Waals surface area contributed by atoms with Gasteiger partial charge in [-0.15, -0.1) is 0 Å². The Kier molecular flexibility index (Phi) is 5.96. The van der Waals surface area contributed by atoms with Crippen LogP contribution in [-0.2, 0) is 0 Å². The third kappa shape index (κ3) is 4.22. The molecule has 0 aliphatic heterocycles. The molecule has 0 bridgehead atoms. The van der Waals surface area contributed by atoms with Gasteiger partial charge in [-0.25, -0.2) is 0 Å². The van der Waals surface area contributed by atoms with Crippen LogP contribution >= 0.6 is 0 Å². The largest absolute Gasteiger partial charge is 0.508 e. The van der Waals surface area contributed by atoms with Crippen molar-refractivity contribution in [2.24, 2.45) is 0 Å². The van der Waals surface area contributed by atoms with E-state index in [4.69, 9.17) is 10.2 Å². The Hall–Kier alpha value is -4.56. The van der Waals surface area contributed by atoms with E-state index >= 15 is 0 Å². The zero-order chi connectivity index (χ0) is 23.3. The molecule has 0 atom stereocenters. The molecule has 2 heteroatoms. The van der Waals surface area contributed by atoms with Gasteiger partial charge in [0.25, 0.3) is 0 Å². The molecule has 0 aromatic heterocycles. The van der Waals surface area contributed by atoms with Crippen LogP contribution in [0.15, 0.2) is 133 Å². The molecule has 0 saturated carbocycles. The van der Waals surface area contributed by atoms with Crippen molar-refractivity contribution in [3.8, 4) is 11.5 Å². The summed E-state index contributed by atoms with van der Waals surface area (Å²) in [6.07, 6.45) is 0. The Morgan fingerprint density at radius 3 is 0.824 bits per heavy atom. The van der Waals surface area contributed by atoms with Crippen LogP contribution in [0.1, 0.15) is 0 Å². The van der Waals surface area contributed by atoms with Crippen molar-refractivity contribution in [2.45, 2.75) is 0 Å². The van der Waals surface area contributed by atoms with Crippen LogP contribution in [0.2, 0.25) is 0 Å². The van der Waals surface area contributed by atoms with Crippen LogP contribution in [0.25, 0.3) is 43.1 Å². The van der Waals surface area contributed by atoms with Crippen LogP contribution in [0, 0.1) is 0 Å². The highest BCUT2D eigenvalue weighted by Crippen LogP contribution is 2.39. The van der Waals surface area contributed by atoms with Crippen LogP contribution < -0.4 is 0 Å². The number of benzene rings is 7. The Bertz CT molecular complexity index is 1450. The number of para-hydroxylation sites is 2. The van der Waals surface area contributed by atoms with E-state index in [0.717, 1.165) is 0 Å². The molecule has 0 aliphatic carbocycles. The monoisotopic (exact) mass is 440 g/mol. The molecular formula is C32H24O2. The molecule has 7 aromatic carbocycles. The quantitative estimate of drug-likeness (QED) is 0.183. The first-order valence-corrected chi connectivity index (χ1v) is 11.2. The summed E-state index contributed by atoms with van der Waals surface area (Å²) in [6.45, 7) is 0. The summed E-state index contributed by atoms with van der Waals surface area (Å²) in [5.74, 6) is 0.644. The van der Waals surface area contributed by atoms with Gasteiger partial charge in [0.2, 0.25) is 0 Å². The molecule has 0 amide bonds. The first-order chi connectivity index (χ1) is 16.7. The van der Waals surface area contributed by atoms with Gasteiger partial charge in [-0.3, -0.25) is 0 Å². The van der Waals surface area contributed by atoms with Gasteiger partial charge in [0.15, 0.2) is 0 Å². The molecule has 2 nitrogen and oxygen atoms in total. The molecule has 164 valence electrons. The summed E-state index contributed by atoms with van der Waals surface area (Å²) in [4.78, 5) is 0. The first kappa shape index (κ1) is 21.3. The maximum Gasteiger partial charge on any atom is 0.115 e. The first-order valence-electron chi connectivity index (χ1n) is 11.2. The van der Waals surface area contributed by atoms with E-state index < -0.39 is 0 Å². The third-order valence-electron chi connectivity index (χ3n) is 5.90. The molecule has 0 heterocycles. The van der Waals surface area contributed by atoms with Crippen LogP contribution in [-0.4, -0.2) is 10.2 Å². The third-order valence-corrected chi connectivity index (χ3v) is 5.90. The average molecular weight is 441 g/mol. The van der Waals surface area contributed by atoms with E-state index in [1.165, 1.54) is 43.1 Å². The number of fused-ring (bicyclic) bond motifs is 2. The van der Waals surface area contributed by atoms with Crippen LogP contribution in [0.3, 0.4) is 0 Å². The summed E-state index contributed by atoms with van der Waals surface area (Å²) in [5, 5.41) is 28.1. The van der Waals surface area contributed by atoms with Gasteiger partial charge in [-0.2, -0.15) is 0 Å². The van der Waals surface area contributed by atoms with E-state index in [9.17, 15) is 0 Å². The summed E-state index contributed by atoms with van der Waals surface area (Å²) in [5.41, 5.74) is 0. The Morgan fingerprint density at radius 1 is 0.294 bits per heavy atom. The zero-order valence-electron chi connectivity index (χ0n) is 18.6. The molecule has 0 saturated heterocycles. The minimum absolute atomic E-state index is 0.322. The second kappa shape index (κ2) is 9.51. The fourth-order valence-electron chi connectivity index (χ4n) is 4.44. The van der Waals surface area contributed by atoms with E-state index in [1.807, 2.05) is 12.1 Å². The lowest BCUT2D eigenvalue weighted by molar-refractivity contribution is 0.475. The molecule has 2 N–H and O–H groups in total. The average Bonchev–Trinajstić information content (AvgIpc) is 2.89. The lowest BCUT2D eigenvalue weighted by Gasteiger charge is -2.13. The van der Waals surface area contributed by atoms with Gasteiger partial charge >= 0.3 is 0 Å². The van der Waals surface area contributed by atoms with Gasteiger partial charge in [-0.05, 0) is 67.4 Å². The van der Waals surface area contributed by atoms with Gasteiger partial charge in [-0.1, -0.05) is 109 Å². The number of rotatable bonds is 0. The van der Waals surface area contributed by atoms with Crippen molar-refractivity contribution in [1.29, 1.82) is 0 Å². The molecule has 0 spiro atoms. The summed E-state index contributed by atoms with van der Waals surface area (Å²) >= 11 is 0. The highest BCUT2D eigenvalue weighted by Gasteiger charge is 2.11. The summed E-state index contributed by atoms with van der Waals surface area (Å²) in [6, 6.07) is 43.9. The van der Waals surface area contributed by atoms with Crippen LogP contribution in [0.5, 0.6) is 11.5 Å². The fraction of sp³-hybridized carbons (Fsp3) is 0. The van der Waals surface area contributed by atoms with Crippen molar-refractivity contribution in [3.05, 3.63) is 133 Å². The van der Waals surface area contributed by atoms with E-state index in [2.05, 4.69) is 72.8 Å². The van der Waals surface area contributed by atoms with Crippen molar-refractivity contribution in [3.63, 3.8) is 0 Å². The van der Waals surface area contributed by atoms with E-state index in [-0.39, 0.29) is 0 Å². The van der Waals surface area contributed by atoms with Crippen molar-refractivity contribution < 1.29 is 10.2 Å². The van der Waals surface area contributed by atoms with Crippen molar-refractivity contribution >= 4 is 43.1 Å². The molecular weight excluding hydrogens is 416 g/mol. The summed E-state index contributed by atoms with van der Waals surface area (Å²) in [7, 11) is 0. The minimum atomic E-state index is 0.322. The normalized spacial score (nSPS) is 10.6. The highest BCUT2D eigenvalue weighted by atomic mass is 16.3. The predicted octanol–water partition coefficient (Wildman–Crippen LogP) is 8.52. The van der Waals surface area contributed by atoms with Gasteiger partial charge in [0.1, 0.15) is 11.5 Å². The Morgan fingerprint density at radius 2 is 0.588 bits per heavy atom. The zero-order valence-corrected chi connectivity index (χ0v) is 18.6. The second-order valence-corrected chi connectivity index (χ2v) is 8.09. The second-order valence-electron chi connectivity index (χ2n) is 8.09. The lowest BCUT2D eigenvalue weighted by atomic mass is 9.90. The van der Waals surface area contributed by atoms with Crippen molar-refractivity contribution in [2.75, 3.05) is 0 Å². The highest BCUT2D eigenvalue weighted by molar-refractivity contribution is 6.32. The Labute approximate surface area is 198 Å². The minimum Gasteiger partial charge on any atom is -0.508 e. The number of aromatic hydroxyl groups is 2. The molecule has 0 unspecified atom stereocenters. The number of hydrogen-bond acceptors (Lipinski definition) is 2. The van der Waals surface area contributed by atoms with Gasteiger partial charge in [0.05, 0.1) is 0 Å². The molecule has 0 fully saturated rings. The maximum absolute atomic E-state index is 8.63. The van der Waals surface area contributed by atoms with E-state index in [1.54, 1.807) is 48.5 Å². The molecule has 7 aromatic rings. The van der Waals surface area contributed by atoms with Gasteiger partial charge < -0.3 is 10.2 Å². The maximum atomic E-state index is 8.63. The van der Waals surface area contributed by atoms with Crippen LogP contribution in [0.4, 0.5) is 0 Å². The topological polar surface area (TPSA) is 40.5 Å². The standard InChI is InChI=1S/C20H12.2C6H6O/c1-5-13-6-2-11-17-18-12-4-8-14-7-3-10-16(20(14)18)15(9-1)19(13)17;2*7-6-4-2-1-3-5-6/h1-12H;2*1-5,7H. The SMILES string of the molecule is Oc1ccccc1.Oc1ccccc1.c1cc2cccc3c4cccc5cccc(c(c1)c23)c54. The summed E-state index contributed by atoms with van der Waals surface area (Å²) < 4.78 is 0. The number of hydrogen-bond donors (Lipinski definition) is 2. The van der Waals surface area contributed by atoms with E-state index in [0.29, 0.717) is 11.5 Å². The molecule has 34 heavy (non-hydrogen) atoms. The number of phenolic OH excluding ortho intramolecular Hbond substituents is 2. The fourth-order valence-corrected chi connectivity index (χ4v) is 4.44. The smallest absolute Gasteiger partial charge is 0.115 e. The van der Waals surface area contributed by atoms with Crippen molar-refractivity contribution in [1.82, 2.24) is 0 Å². The Balaban J connectivity index is 0.000000141. The predicted molar refractivity (Wildman–Crippen MR) is 144 cm³/mol. The van der Waals surface area contributed by atoms with Gasteiger partial charge in [0, 0.05) is 0 Å². The molecule has 0 aliphatic rings.